The Morgan fingerprint density at radius 2 is 1.46 bits per heavy atom. The Labute approximate surface area is 284 Å². The number of fused-ring (bicyclic) bond motifs is 1. The zero-order chi connectivity index (χ0) is 33.6. The third-order valence-electron chi connectivity index (χ3n) is 8.31. The predicted molar refractivity (Wildman–Crippen MR) is 192 cm³/mol. The average molecular weight is 662 g/mol. The second-order valence-corrected chi connectivity index (χ2v) is 12.6. The molecule has 2 heterocycles. The maximum absolute atomic E-state index is 12.6. The number of ether oxygens (including phenoxy) is 4. The number of benzene rings is 4. The molecule has 246 valence electrons. The first kappa shape index (κ1) is 32.8. The molecule has 48 heavy (non-hydrogen) atoms. The van der Waals surface area contributed by atoms with E-state index < -0.39 is 0 Å². The van der Waals surface area contributed by atoms with Crippen LogP contribution in [0.3, 0.4) is 0 Å². The third-order valence-corrected chi connectivity index (χ3v) is 9.40. The summed E-state index contributed by atoms with van der Waals surface area (Å²) in [6.07, 6.45) is 2.72. The van der Waals surface area contributed by atoms with E-state index >= 15 is 0 Å². The minimum Gasteiger partial charge on any atom is -0.496 e. The highest BCUT2D eigenvalue weighted by atomic mass is 32.1. The van der Waals surface area contributed by atoms with Crippen LogP contribution in [0.5, 0.6) is 23.0 Å². The number of methoxy groups -OCH3 is 2. The van der Waals surface area contributed by atoms with Crippen LogP contribution in [-0.2, 0) is 0 Å². The summed E-state index contributed by atoms with van der Waals surface area (Å²) in [5.41, 5.74) is 7.32. The highest BCUT2D eigenvalue weighted by Gasteiger charge is 2.18. The first-order chi connectivity index (χ1) is 23.3. The number of thiazole rings is 1. The summed E-state index contributed by atoms with van der Waals surface area (Å²) in [6, 6.07) is 27.9. The summed E-state index contributed by atoms with van der Waals surface area (Å²) in [5.74, 6) is 2.69. The molecular weight excluding hydrogens is 623 g/mol. The van der Waals surface area contributed by atoms with Crippen LogP contribution in [0.25, 0.3) is 43.3 Å². The Balaban J connectivity index is 1.04. The van der Waals surface area contributed by atoms with Gasteiger partial charge in [0.15, 0.2) is 11.5 Å². The number of unbranched alkanes of at least 4 members (excludes halogenated alkanes) is 2. The number of nitrogens with zero attached hydrogens (tertiary/aromatic N) is 3. The molecule has 0 unspecified atom stereocenters. The smallest absolute Gasteiger partial charge is 0.244 e. The van der Waals surface area contributed by atoms with Gasteiger partial charge in [-0.2, -0.15) is 9.78 Å². The number of aryl methyl sites for hydroxylation is 1. The van der Waals surface area contributed by atoms with Crippen molar-refractivity contribution in [3.8, 4) is 56.1 Å². The van der Waals surface area contributed by atoms with Crippen LogP contribution >= 0.6 is 11.3 Å². The fourth-order valence-corrected chi connectivity index (χ4v) is 6.52. The molecule has 0 radical (unpaired) electrons. The molecule has 0 spiro atoms. The van der Waals surface area contributed by atoms with E-state index in [0.717, 1.165) is 69.1 Å². The van der Waals surface area contributed by atoms with Crippen LogP contribution in [0.1, 0.15) is 42.1 Å². The van der Waals surface area contributed by atoms with Crippen LogP contribution in [0.15, 0.2) is 84.9 Å². The fraction of sp³-hybridized carbons (Fsp3) is 0.256. The van der Waals surface area contributed by atoms with Crippen molar-refractivity contribution in [1.82, 2.24) is 14.8 Å². The molecule has 0 atom stereocenters. The maximum atomic E-state index is 12.6. The minimum absolute atomic E-state index is 0.184. The number of hydrogen-bond acceptors (Lipinski definition) is 8. The Hall–Kier alpha value is -5.15. The lowest BCUT2D eigenvalue weighted by molar-refractivity contribution is 0.0923. The van der Waals surface area contributed by atoms with Gasteiger partial charge in [-0.15, -0.1) is 11.3 Å². The molecule has 8 nitrogen and oxygen atoms in total. The molecule has 2 aromatic heterocycles. The summed E-state index contributed by atoms with van der Waals surface area (Å²) in [4.78, 5) is 17.4. The summed E-state index contributed by atoms with van der Waals surface area (Å²) in [7, 11) is 3.28. The van der Waals surface area contributed by atoms with Gasteiger partial charge in [0.05, 0.1) is 49.0 Å². The zero-order valence-electron chi connectivity index (χ0n) is 27.9. The Bertz CT molecular complexity index is 2010. The van der Waals surface area contributed by atoms with E-state index in [4.69, 9.17) is 23.9 Å². The number of hydrogen-bond donors (Lipinski definition) is 0. The summed E-state index contributed by atoms with van der Waals surface area (Å²) >= 11 is 1.70. The van der Waals surface area contributed by atoms with E-state index in [1.165, 1.54) is 16.3 Å². The van der Waals surface area contributed by atoms with Crippen molar-refractivity contribution >= 4 is 27.5 Å². The molecular formula is C39H39N3O5S. The Morgan fingerprint density at radius 3 is 2.19 bits per heavy atom. The van der Waals surface area contributed by atoms with Gasteiger partial charge in [-0.1, -0.05) is 12.1 Å². The third kappa shape index (κ3) is 7.21. The lowest BCUT2D eigenvalue weighted by Crippen LogP contribution is -2.09. The molecule has 0 N–H and O–H groups in total. The second kappa shape index (κ2) is 14.7. The summed E-state index contributed by atoms with van der Waals surface area (Å²) in [6.45, 7) is 6.72. The molecule has 9 heteroatoms. The van der Waals surface area contributed by atoms with Crippen molar-refractivity contribution in [2.24, 2.45) is 0 Å². The molecule has 0 fully saturated rings. The van der Waals surface area contributed by atoms with Gasteiger partial charge in [0.2, 0.25) is 5.91 Å². The first-order valence-corrected chi connectivity index (χ1v) is 16.8. The van der Waals surface area contributed by atoms with Crippen LogP contribution in [0.2, 0.25) is 0 Å². The van der Waals surface area contributed by atoms with Crippen molar-refractivity contribution in [2.75, 3.05) is 27.4 Å². The molecule has 0 bridgehead atoms. The average Bonchev–Trinajstić information content (AvgIpc) is 3.75. The fourth-order valence-electron chi connectivity index (χ4n) is 5.55. The number of rotatable bonds is 13. The van der Waals surface area contributed by atoms with Crippen LogP contribution in [0, 0.1) is 13.8 Å². The normalized spacial score (nSPS) is 11.1. The monoisotopic (exact) mass is 661 g/mol. The predicted octanol–water partition coefficient (Wildman–Crippen LogP) is 9.42. The molecule has 0 aliphatic rings. The van der Waals surface area contributed by atoms with Crippen molar-refractivity contribution in [3.63, 3.8) is 0 Å². The van der Waals surface area contributed by atoms with E-state index in [9.17, 15) is 4.79 Å². The van der Waals surface area contributed by atoms with Gasteiger partial charge in [0.25, 0.3) is 0 Å². The van der Waals surface area contributed by atoms with Gasteiger partial charge in [-0.3, -0.25) is 4.79 Å². The van der Waals surface area contributed by atoms with E-state index in [-0.39, 0.29) is 5.91 Å². The minimum atomic E-state index is -0.184. The van der Waals surface area contributed by atoms with E-state index in [2.05, 4.69) is 29.4 Å². The largest absolute Gasteiger partial charge is 0.496 e. The highest BCUT2D eigenvalue weighted by molar-refractivity contribution is 7.21. The molecule has 0 aliphatic heterocycles. The van der Waals surface area contributed by atoms with E-state index in [1.807, 2.05) is 74.5 Å². The van der Waals surface area contributed by atoms with Crippen molar-refractivity contribution in [2.45, 2.75) is 40.0 Å². The number of carbonyl (C=O) groups is 1. The van der Waals surface area contributed by atoms with Gasteiger partial charge < -0.3 is 18.9 Å². The van der Waals surface area contributed by atoms with Crippen molar-refractivity contribution in [3.05, 3.63) is 96.1 Å². The van der Waals surface area contributed by atoms with Crippen LogP contribution in [0.4, 0.5) is 0 Å². The van der Waals surface area contributed by atoms with E-state index in [1.54, 1.807) is 25.6 Å². The Morgan fingerprint density at radius 1 is 0.750 bits per heavy atom. The number of carbonyl (C=O) groups excluding carboxylic acids is 1. The maximum Gasteiger partial charge on any atom is 0.244 e. The SMILES string of the molecule is COc1ccc(-c2cc(-c3cc(C)c(C)c(OC)c3)nn2C(C)=O)cc1OCCCCCOc1ccc(-c2nc3ccccc3s2)cc1. The van der Waals surface area contributed by atoms with Crippen molar-refractivity contribution in [1.29, 1.82) is 0 Å². The van der Waals surface area contributed by atoms with Crippen molar-refractivity contribution < 1.29 is 23.7 Å². The number of aromatic nitrogens is 3. The van der Waals surface area contributed by atoms with Crippen LogP contribution in [-0.4, -0.2) is 48.1 Å². The zero-order valence-corrected chi connectivity index (χ0v) is 28.7. The highest BCUT2D eigenvalue weighted by Crippen LogP contribution is 2.36. The standard InChI is InChI=1S/C39H39N3O5S/c1-25-21-30(23-36(45-5)26(25)2)33-24-34(42(41-33)27(3)43)29-15-18-35(44-4)37(22-29)47-20-10-6-9-19-46-31-16-13-28(14-17-31)39-40-32-11-7-8-12-38(32)48-39/h7-8,11-18,21-24H,6,9-10,19-20H2,1-5H3. The first-order valence-electron chi connectivity index (χ1n) is 16.0. The van der Waals surface area contributed by atoms with Gasteiger partial charge in [-0.05, 0) is 117 Å². The van der Waals surface area contributed by atoms with Gasteiger partial charge in [0, 0.05) is 23.6 Å². The molecule has 0 aliphatic carbocycles. The summed E-state index contributed by atoms with van der Waals surface area (Å²) in [5, 5.41) is 5.66. The Kier molecular flexibility index (Phi) is 10.1. The quantitative estimate of drug-likeness (QED) is 0.114. The number of para-hydroxylation sites is 1. The molecule has 0 saturated carbocycles. The topological polar surface area (TPSA) is 84.7 Å². The van der Waals surface area contributed by atoms with Gasteiger partial charge in [0.1, 0.15) is 16.5 Å². The lowest BCUT2D eigenvalue weighted by atomic mass is 10.0. The van der Waals surface area contributed by atoms with Gasteiger partial charge >= 0.3 is 0 Å². The summed E-state index contributed by atoms with van der Waals surface area (Å²) < 4.78 is 25.9. The lowest BCUT2D eigenvalue weighted by Gasteiger charge is -2.13. The second-order valence-electron chi connectivity index (χ2n) is 11.6. The van der Waals surface area contributed by atoms with Gasteiger partial charge in [-0.25, -0.2) is 4.98 Å². The molecule has 0 saturated heterocycles. The molecule has 4 aromatic carbocycles. The molecule has 0 amide bonds. The van der Waals surface area contributed by atoms with E-state index in [0.29, 0.717) is 36.1 Å². The molecule has 6 rings (SSSR count). The molecule has 6 aromatic rings. The van der Waals surface area contributed by atoms with Crippen LogP contribution < -0.4 is 18.9 Å².